The number of hydrogen-bond donors (Lipinski definition) is 0. The normalized spacial score (nSPS) is 11.3. The predicted molar refractivity (Wildman–Crippen MR) is 110 cm³/mol. The van der Waals surface area contributed by atoms with Gasteiger partial charge in [0.05, 0.1) is 11.0 Å². The van der Waals surface area contributed by atoms with Crippen LogP contribution in [-0.4, -0.2) is 4.57 Å². The first-order chi connectivity index (χ1) is 12.1. The lowest BCUT2D eigenvalue weighted by Crippen LogP contribution is -1.96. The predicted octanol–water partition coefficient (Wildman–Crippen LogP) is 6.82. The molecule has 4 aromatic rings. The zero-order chi connectivity index (χ0) is 17.6. The Labute approximate surface area is 149 Å². The summed E-state index contributed by atoms with van der Waals surface area (Å²) in [6, 6.07) is 21.9. The molecular formula is C24H23N. The van der Waals surface area contributed by atoms with Crippen LogP contribution in [0.3, 0.4) is 0 Å². The Balaban J connectivity index is 2.14. The first kappa shape index (κ1) is 15.7. The van der Waals surface area contributed by atoms with E-state index in [9.17, 15) is 0 Å². The van der Waals surface area contributed by atoms with E-state index in [4.69, 9.17) is 0 Å². The standard InChI is InChI=1S/C24H23N/c1-5-18-10-6-7-11-20(18)19-14-15-22-21-12-8-9-13-23(21)25(16(2)3)24(22)17(19)4/h6-15H,2,5H2,1,3-4H3. The summed E-state index contributed by atoms with van der Waals surface area (Å²) in [5.41, 5.74) is 8.92. The lowest BCUT2D eigenvalue weighted by molar-refractivity contribution is 1.14. The highest BCUT2D eigenvalue weighted by Crippen LogP contribution is 2.38. The molecule has 1 heteroatoms. The van der Waals surface area contributed by atoms with Gasteiger partial charge in [-0.05, 0) is 48.6 Å². The molecule has 3 aromatic carbocycles. The molecule has 0 N–H and O–H groups in total. The van der Waals surface area contributed by atoms with Crippen LogP contribution in [0.4, 0.5) is 0 Å². The second-order valence-electron chi connectivity index (χ2n) is 6.73. The van der Waals surface area contributed by atoms with Crippen molar-refractivity contribution in [2.45, 2.75) is 27.2 Å². The number of fused-ring (bicyclic) bond motifs is 3. The van der Waals surface area contributed by atoms with Crippen LogP contribution in [0.1, 0.15) is 25.0 Å². The van der Waals surface area contributed by atoms with Gasteiger partial charge in [0.1, 0.15) is 0 Å². The Kier molecular flexibility index (Phi) is 3.73. The molecule has 0 atom stereocenters. The Morgan fingerprint density at radius 3 is 2.36 bits per heavy atom. The van der Waals surface area contributed by atoms with E-state index in [1.165, 1.54) is 44.1 Å². The molecule has 25 heavy (non-hydrogen) atoms. The summed E-state index contributed by atoms with van der Waals surface area (Å²) in [6.45, 7) is 10.8. The SMILES string of the molecule is C=C(C)n1c2ccccc2c2ccc(-c3ccccc3CC)c(C)c21. The van der Waals surface area contributed by atoms with E-state index < -0.39 is 0 Å². The minimum atomic E-state index is 1.04. The van der Waals surface area contributed by atoms with Gasteiger partial charge in [0.15, 0.2) is 0 Å². The number of benzene rings is 3. The quantitative estimate of drug-likeness (QED) is 0.389. The number of allylic oxidation sites excluding steroid dienone is 1. The minimum Gasteiger partial charge on any atom is -0.314 e. The van der Waals surface area contributed by atoms with Crippen molar-refractivity contribution in [3.63, 3.8) is 0 Å². The molecule has 1 heterocycles. The van der Waals surface area contributed by atoms with Gasteiger partial charge in [-0.1, -0.05) is 68.1 Å². The number of aryl methyl sites for hydroxylation is 2. The summed E-state index contributed by atoms with van der Waals surface area (Å²) >= 11 is 0. The third-order valence-electron chi connectivity index (χ3n) is 5.16. The zero-order valence-corrected chi connectivity index (χ0v) is 15.1. The van der Waals surface area contributed by atoms with Crippen LogP contribution in [0, 0.1) is 6.92 Å². The molecule has 0 radical (unpaired) electrons. The number of aromatic nitrogens is 1. The van der Waals surface area contributed by atoms with Gasteiger partial charge in [0.25, 0.3) is 0 Å². The average Bonchev–Trinajstić information content (AvgIpc) is 2.98. The third kappa shape index (κ3) is 2.31. The van der Waals surface area contributed by atoms with Crippen molar-refractivity contribution < 1.29 is 0 Å². The van der Waals surface area contributed by atoms with Crippen molar-refractivity contribution in [2.24, 2.45) is 0 Å². The first-order valence-corrected chi connectivity index (χ1v) is 8.90. The highest BCUT2D eigenvalue weighted by Gasteiger charge is 2.16. The molecule has 0 amide bonds. The van der Waals surface area contributed by atoms with Crippen LogP contribution in [0.5, 0.6) is 0 Å². The molecule has 4 rings (SSSR count). The lowest BCUT2D eigenvalue weighted by atomic mass is 9.93. The molecular weight excluding hydrogens is 302 g/mol. The van der Waals surface area contributed by atoms with Crippen molar-refractivity contribution in [1.82, 2.24) is 4.57 Å². The molecule has 0 aliphatic rings. The van der Waals surface area contributed by atoms with E-state index in [1.807, 2.05) is 0 Å². The maximum atomic E-state index is 4.24. The molecule has 0 aliphatic carbocycles. The van der Waals surface area contributed by atoms with Crippen LogP contribution in [-0.2, 0) is 6.42 Å². The van der Waals surface area contributed by atoms with Crippen molar-refractivity contribution >= 4 is 27.5 Å². The molecule has 0 unspecified atom stereocenters. The zero-order valence-electron chi connectivity index (χ0n) is 15.1. The van der Waals surface area contributed by atoms with Crippen LogP contribution < -0.4 is 0 Å². The fourth-order valence-electron chi connectivity index (χ4n) is 4.00. The average molecular weight is 325 g/mol. The highest BCUT2D eigenvalue weighted by molar-refractivity contribution is 6.12. The smallest absolute Gasteiger partial charge is 0.0572 e. The Morgan fingerprint density at radius 1 is 0.880 bits per heavy atom. The van der Waals surface area contributed by atoms with Crippen molar-refractivity contribution in [3.05, 3.63) is 78.4 Å². The van der Waals surface area contributed by atoms with Gasteiger partial charge < -0.3 is 4.57 Å². The molecule has 124 valence electrons. The molecule has 0 fully saturated rings. The van der Waals surface area contributed by atoms with Crippen LogP contribution in [0.15, 0.2) is 67.2 Å². The van der Waals surface area contributed by atoms with Gasteiger partial charge in [0, 0.05) is 16.5 Å². The molecule has 1 aromatic heterocycles. The molecule has 0 saturated carbocycles. The fraction of sp³-hybridized carbons (Fsp3) is 0.167. The first-order valence-electron chi connectivity index (χ1n) is 8.90. The maximum Gasteiger partial charge on any atom is 0.0572 e. The van der Waals surface area contributed by atoms with Crippen molar-refractivity contribution in [2.75, 3.05) is 0 Å². The second kappa shape index (κ2) is 5.93. The van der Waals surface area contributed by atoms with Crippen LogP contribution >= 0.6 is 0 Å². The number of para-hydroxylation sites is 1. The van der Waals surface area contributed by atoms with Crippen molar-refractivity contribution in [1.29, 1.82) is 0 Å². The Hall–Kier alpha value is -2.80. The Bertz CT molecular complexity index is 1110. The van der Waals surface area contributed by atoms with E-state index in [0.29, 0.717) is 0 Å². The third-order valence-corrected chi connectivity index (χ3v) is 5.16. The summed E-state index contributed by atoms with van der Waals surface area (Å²) in [5, 5.41) is 2.59. The van der Waals surface area contributed by atoms with Gasteiger partial charge in [-0.2, -0.15) is 0 Å². The molecule has 0 bridgehead atoms. The van der Waals surface area contributed by atoms with Gasteiger partial charge >= 0.3 is 0 Å². The number of hydrogen-bond acceptors (Lipinski definition) is 0. The van der Waals surface area contributed by atoms with Gasteiger partial charge in [-0.25, -0.2) is 0 Å². The Morgan fingerprint density at radius 2 is 1.60 bits per heavy atom. The van der Waals surface area contributed by atoms with E-state index in [-0.39, 0.29) is 0 Å². The van der Waals surface area contributed by atoms with E-state index >= 15 is 0 Å². The van der Waals surface area contributed by atoms with Crippen LogP contribution in [0.2, 0.25) is 0 Å². The monoisotopic (exact) mass is 325 g/mol. The summed E-state index contributed by atoms with van der Waals surface area (Å²) in [6.07, 6.45) is 1.04. The maximum absolute atomic E-state index is 4.24. The summed E-state index contributed by atoms with van der Waals surface area (Å²) < 4.78 is 2.30. The molecule has 0 spiro atoms. The second-order valence-corrected chi connectivity index (χ2v) is 6.73. The molecule has 1 nitrogen and oxygen atoms in total. The van der Waals surface area contributed by atoms with Gasteiger partial charge in [-0.3, -0.25) is 0 Å². The van der Waals surface area contributed by atoms with Crippen LogP contribution in [0.25, 0.3) is 38.6 Å². The highest BCUT2D eigenvalue weighted by atomic mass is 15.0. The summed E-state index contributed by atoms with van der Waals surface area (Å²) in [5.74, 6) is 0. The molecule has 0 aliphatic heterocycles. The lowest BCUT2D eigenvalue weighted by Gasteiger charge is -2.14. The minimum absolute atomic E-state index is 1.04. The number of nitrogens with zero attached hydrogens (tertiary/aromatic N) is 1. The molecule has 0 saturated heterocycles. The van der Waals surface area contributed by atoms with Crippen molar-refractivity contribution in [3.8, 4) is 11.1 Å². The van der Waals surface area contributed by atoms with E-state index in [1.54, 1.807) is 0 Å². The summed E-state index contributed by atoms with van der Waals surface area (Å²) in [4.78, 5) is 0. The fourth-order valence-corrected chi connectivity index (χ4v) is 4.00. The van der Waals surface area contributed by atoms with E-state index in [0.717, 1.165) is 12.1 Å². The van der Waals surface area contributed by atoms with E-state index in [2.05, 4.69) is 92.6 Å². The summed E-state index contributed by atoms with van der Waals surface area (Å²) in [7, 11) is 0. The topological polar surface area (TPSA) is 4.93 Å². The van der Waals surface area contributed by atoms with Gasteiger partial charge in [-0.15, -0.1) is 0 Å². The number of rotatable bonds is 3. The van der Waals surface area contributed by atoms with Gasteiger partial charge in [0.2, 0.25) is 0 Å². The largest absolute Gasteiger partial charge is 0.314 e.